The predicted octanol–water partition coefficient (Wildman–Crippen LogP) is 4.63. The van der Waals surface area contributed by atoms with E-state index in [1.54, 1.807) is 11.8 Å². The van der Waals surface area contributed by atoms with E-state index in [0.29, 0.717) is 13.2 Å². The van der Waals surface area contributed by atoms with Gasteiger partial charge in [0.2, 0.25) is 0 Å². The molecule has 2 aromatic rings. The lowest BCUT2D eigenvalue weighted by Crippen LogP contribution is -2.09. The van der Waals surface area contributed by atoms with Gasteiger partial charge in [-0.25, -0.2) is 0 Å². The molecule has 0 heterocycles. The Bertz CT molecular complexity index is 531. The van der Waals surface area contributed by atoms with E-state index in [9.17, 15) is 0 Å². The summed E-state index contributed by atoms with van der Waals surface area (Å²) in [5.74, 6) is 1.75. The van der Waals surface area contributed by atoms with Gasteiger partial charge < -0.3 is 9.47 Å². The molecule has 0 unspecified atom stereocenters. The average molecular weight is 339 g/mol. The summed E-state index contributed by atoms with van der Waals surface area (Å²) in [7, 11) is 0. The first-order valence-corrected chi connectivity index (χ1v) is 7.95. The molecule has 0 aliphatic heterocycles. The Morgan fingerprint density at radius 3 is 2.58 bits per heavy atom. The van der Waals surface area contributed by atoms with Gasteiger partial charge in [0.1, 0.15) is 24.7 Å². The van der Waals surface area contributed by atoms with Gasteiger partial charge in [-0.3, -0.25) is 0 Å². The fourth-order valence-electron chi connectivity index (χ4n) is 1.61. The third kappa shape index (κ3) is 4.48. The van der Waals surface area contributed by atoms with Crippen LogP contribution < -0.4 is 9.47 Å². The van der Waals surface area contributed by atoms with Crippen molar-refractivity contribution < 1.29 is 9.47 Å². The van der Waals surface area contributed by atoms with Gasteiger partial charge in [-0.2, -0.15) is 0 Å². The number of para-hydroxylation sites is 1. The van der Waals surface area contributed by atoms with Crippen molar-refractivity contribution in [2.24, 2.45) is 0 Å². The molecule has 2 nitrogen and oxygen atoms in total. The number of benzene rings is 2. The third-order valence-electron chi connectivity index (χ3n) is 2.47. The minimum absolute atomic E-state index is 0.527. The van der Waals surface area contributed by atoms with Crippen LogP contribution in [0.15, 0.2) is 57.9 Å². The van der Waals surface area contributed by atoms with Gasteiger partial charge in [-0.05, 0) is 36.6 Å². The van der Waals surface area contributed by atoms with Crippen LogP contribution in [-0.2, 0) is 0 Å². The van der Waals surface area contributed by atoms with Gasteiger partial charge in [0.05, 0.1) is 0 Å². The molecule has 0 amide bonds. The van der Waals surface area contributed by atoms with Crippen LogP contribution in [0.4, 0.5) is 0 Å². The summed E-state index contributed by atoms with van der Waals surface area (Å²) in [6.07, 6.45) is 2.04. The lowest BCUT2D eigenvalue weighted by Gasteiger charge is -2.10. The Morgan fingerprint density at radius 2 is 1.79 bits per heavy atom. The third-order valence-corrected chi connectivity index (χ3v) is 3.75. The maximum atomic E-state index is 5.72. The van der Waals surface area contributed by atoms with Crippen LogP contribution in [0.5, 0.6) is 11.5 Å². The summed E-state index contributed by atoms with van der Waals surface area (Å²) in [6.45, 7) is 1.06. The number of halogens is 1. The van der Waals surface area contributed by atoms with Crippen molar-refractivity contribution in [3.63, 3.8) is 0 Å². The SMILES string of the molecule is CSc1ccccc1OCCOc1cccc(Br)c1. The summed E-state index contributed by atoms with van der Waals surface area (Å²) < 4.78 is 12.4. The standard InChI is InChI=1S/C15H15BrO2S/c1-19-15-8-3-2-7-14(15)18-10-9-17-13-6-4-5-12(16)11-13/h2-8,11H,9-10H2,1H3. The van der Waals surface area contributed by atoms with Gasteiger partial charge in [0.15, 0.2) is 0 Å². The second-order valence-corrected chi connectivity index (χ2v) is 5.57. The van der Waals surface area contributed by atoms with E-state index in [-0.39, 0.29) is 0 Å². The van der Waals surface area contributed by atoms with Crippen molar-refractivity contribution in [1.82, 2.24) is 0 Å². The first-order chi connectivity index (χ1) is 9.29. The molecule has 2 rings (SSSR count). The normalized spacial score (nSPS) is 10.2. The van der Waals surface area contributed by atoms with Gasteiger partial charge in [0, 0.05) is 9.37 Å². The lowest BCUT2D eigenvalue weighted by molar-refractivity contribution is 0.214. The Labute approximate surface area is 126 Å². The summed E-state index contributed by atoms with van der Waals surface area (Å²) in [6, 6.07) is 15.8. The van der Waals surface area contributed by atoms with E-state index in [2.05, 4.69) is 22.0 Å². The minimum atomic E-state index is 0.527. The first-order valence-electron chi connectivity index (χ1n) is 5.94. The molecule has 0 aliphatic carbocycles. The molecule has 0 fully saturated rings. The Balaban J connectivity index is 1.81. The summed E-state index contributed by atoms with van der Waals surface area (Å²) in [5, 5.41) is 0. The van der Waals surface area contributed by atoms with Crippen molar-refractivity contribution in [2.45, 2.75) is 4.90 Å². The quantitative estimate of drug-likeness (QED) is 0.565. The molecule has 0 aromatic heterocycles. The zero-order chi connectivity index (χ0) is 13.5. The van der Waals surface area contributed by atoms with E-state index >= 15 is 0 Å². The molecule has 0 N–H and O–H groups in total. The smallest absolute Gasteiger partial charge is 0.133 e. The fraction of sp³-hybridized carbons (Fsp3) is 0.200. The zero-order valence-electron chi connectivity index (χ0n) is 10.6. The van der Waals surface area contributed by atoms with E-state index in [0.717, 1.165) is 20.9 Å². The van der Waals surface area contributed by atoms with Gasteiger partial charge in [-0.1, -0.05) is 34.1 Å². The van der Waals surface area contributed by atoms with Crippen LogP contribution in [0.1, 0.15) is 0 Å². The molecule has 0 radical (unpaired) electrons. The molecule has 0 atom stereocenters. The van der Waals surface area contributed by atoms with Gasteiger partial charge in [0.25, 0.3) is 0 Å². The van der Waals surface area contributed by atoms with Crippen LogP contribution in [0.25, 0.3) is 0 Å². The average Bonchev–Trinajstić information content (AvgIpc) is 2.44. The molecule has 0 aliphatic rings. The predicted molar refractivity (Wildman–Crippen MR) is 83.4 cm³/mol. The van der Waals surface area contributed by atoms with Crippen LogP contribution >= 0.6 is 27.7 Å². The van der Waals surface area contributed by atoms with E-state index < -0.39 is 0 Å². The Kier molecular flexibility index (Phi) is 5.61. The highest BCUT2D eigenvalue weighted by molar-refractivity contribution is 9.10. The molecular formula is C15H15BrO2S. The molecule has 0 bridgehead atoms. The van der Waals surface area contributed by atoms with Crippen molar-refractivity contribution in [2.75, 3.05) is 19.5 Å². The fourth-order valence-corrected chi connectivity index (χ4v) is 2.53. The maximum absolute atomic E-state index is 5.72. The number of thioether (sulfide) groups is 1. The highest BCUT2D eigenvalue weighted by Gasteiger charge is 2.01. The topological polar surface area (TPSA) is 18.5 Å². The van der Waals surface area contributed by atoms with Crippen LogP contribution in [0.3, 0.4) is 0 Å². The Morgan fingerprint density at radius 1 is 1.00 bits per heavy atom. The highest BCUT2D eigenvalue weighted by Crippen LogP contribution is 2.26. The second kappa shape index (κ2) is 7.46. The first kappa shape index (κ1) is 14.3. The summed E-state index contributed by atoms with van der Waals surface area (Å²) >= 11 is 5.09. The van der Waals surface area contributed by atoms with E-state index in [4.69, 9.17) is 9.47 Å². The molecule has 19 heavy (non-hydrogen) atoms. The van der Waals surface area contributed by atoms with Crippen LogP contribution in [0, 0.1) is 0 Å². The molecule has 0 saturated carbocycles. The second-order valence-electron chi connectivity index (χ2n) is 3.81. The van der Waals surface area contributed by atoms with Crippen molar-refractivity contribution in [1.29, 1.82) is 0 Å². The molecule has 0 saturated heterocycles. The van der Waals surface area contributed by atoms with Crippen molar-refractivity contribution in [3.8, 4) is 11.5 Å². The number of hydrogen-bond donors (Lipinski definition) is 0. The van der Waals surface area contributed by atoms with Crippen LogP contribution in [-0.4, -0.2) is 19.5 Å². The van der Waals surface area contributed by atoms with Crippen LogP contribution in [0.2, 0.25) is 0 Å². The molecule has 4 heteroatoms. The Hall–Kier alpha value is -1.13. The maximum Gasteiger partial charge on any atom is 0.133 e. The highest BCUT2D eigenvalue weighted by atomic mass is 79.9. The van der Waals surface area contributed by atoms with Gasteiger partial charge in [-0.15, -0.1) is 11.8 Å². The van der Waals surface area contributed by atoms with E-state index in [1.165, 1.54) is 0 Å². The van der Waals surface area contributed by atoms with Gasteiger partial charge >= 0.3 is 0 Å². The van der Waals surface area contributed by atoms with Crippen molar-refractivity contribution in [3.05, 3.63) is 53.0 Å². The molecule has 100 valence electrons. The van der Waals surface area contributed by atoms with Crippen molar-refractivity contribution >= 4 is 27.7 Å². The molecule has 2 aromatic carbocycles. The minimum Gasteiger partial charge on any atom is -0.490 e. The van der Waals surface area contributed by atoms with E-state index in [1.807, 2.05) is 48.7 Å². The summed E-state index contributed by atoms with van der Waals surface area (Å²) in [4.78, 5) is 1.14. The largest absolute Gasteiger partial charge is 0.490 e. The number of hydrogen-bond acceptors (Lipinski definition) is 3. The molecular weight excluding hydrogens is 324 g/mol. The summed E-state index contributed by atoms with van der Waals surface area (Å²) in [5.41, 5.74) is 0. The zero-order valence-corrected chi connectivity index (χ0v) is 13.0. The lowest BCUT2D eigenvalue weighted by atomic mass is 10.3. The molecule has 0 spiro atoms. The number of ether oxygens (including phenoxy) is 2. The number of rotatable bonds is 6. The monoisotopic (exact) mass is 338 g/mol.